The van der Waals surface area contributed by atoms with Crippen LogP contribution in [0.2, 0.25) is 5.15 Å². The summed E-state index contributed by atoms with van der Waals surface area (Å²) in [5.74, 6) is 0.753. The van der Waals surface area contributed by atoms with Crippen LogP contribution in [0.4, 0.5) is 0 Å². The molecule has 0 aliphatic carbocycles. The Morgan fingerprint density at radius 1 is 1.52 bits per heavy atom. The van der Waals surface area contributed by atoms with Crippen molar-refractivity contribution in [1.82, 2.24) is 20.2 Å². The van der Waals surface area contributed by atoms with Crippen LogP contribution in [0.5, 0.6) is 0 Å². The number of likely N-dealkylation sites (tertiary alicyclic amines) is 1. The van der Waals surface area contributed by atoms with Crippen molar-refractivity contribution < 1.29 is 4.79 Å². The molecule has 2 aromatic rings. The van der Waals surface area contributed by atoms with Crippen LogP contribution in [0.15, 0.2) is 11.4 Å². The van der Waals surface area contributed by atoms with Crippen molar-refractivity contribution in [3.05, 3.63) is 22.4 Å². The molecule has 1 aliphatic heterocycles. The molecule has 0 spiro atoms. The summed E-state index contributed by atoms with van der Waals surface area (Å²) < 4.78 is 0. The number of nitrogens with zero attached hydrogens (tertiary/aromatic N) is 3. The predicted octanol–water partition coefficient (Wildman–Crippen LogP) is 2.45. The number of carbonyl (C=O) groups excluding carboxylic acids is 1. The second-order valence-corrected chi connectivity index (χ2v) is 6.42. The number of halogens is 1. The third-order valence-corrected chi connectivity index (χ3v) is 4.93. The first-order chi connectivity index (χ1) is 10.2. The summed E-state index contributed by atoms with van der Waals surface area (Å²) in [7, 11) is 1.68. The van der Waals surface area contributed by atoms with Gasteiger partial charge >= 0.3 is 0 Å². The fourth-order valence-corrected chi connectivity index (χ4v) is 3.85. The number of amides is 1. The first kappa shape index (κ1) is 14.7. The van der Waals surface area contributed by atoms with Crippen molar-refractivity contribution in [3.8, 4) is 0 Å². The molecule has 2 aromatic heterocycles. The molecule has 3 rings (SSSR count). The minimum absolute atomic E-state index is 0.0676. The van der Waals surface area contributed by atoms with Crippen molar-refractivity contribution >= 4 is 39.1 Å². The summed E-state index contributed by atoms with van der Waals surface area (Å²) in [6, 6.07) is 1.84. The van der Waals surface area contributed by atoms with Gasteiger partial charge < -0.3 is 5.32 Å². The van der Waals surface area contributed by atoms with Crippen molar-refractivity contribution in [1.29, 1.82) is 0 Å². The fraction of sp³-hybridized carbons (Fsp3) is 0.500. The van der Waals surface area contributed by atoms with Gasteiger partial charge in [0, 0.05) is 12.4 Å². The van der Waals surface area contributed by atoms with E-state index in [9.17, 15) is 4.79 Å². The van der Waals surface area contributed by atoms with E-state index in [-0.39, 0.29) is 11.9 Å². The van der Waals surface area contributed by atoms with Crippen molar-refractivity contribution in [2.75, 3.05) is 13.6 Å². The number of piperidine rings is 1. The minimum Gasteiger partial charge on any atom is -0.358 e. The highest BCUT2D eigenvalue weighted by Crippen LogP contribution is 2.26. The molecule has 5 nitrogen and oxygen atoms in total. The zero-order chi connectivity index (χ0) is 14.8. The lowest BCUT2D eigenvalue weighted by atomic mass is 10.0. The highest BCUT2D eigenvalue weighted by Gasteiger charge is 2.28. The van der Waals surface area contributed by atoms with E-state index in [2.05, 4.69) is 20.2 Å². The molecule has 1 unspecified atom stereocenters. The Balaban J connectivity index is 1.83. The smallest absolute Gasteiger partial charge is 0.237 e. The van der Waals surface area contributed by atoms with Crippen LogP contribution < -0.4 is 5.32 Å². The average molecular weight is 325 g/mol. The van der Waals surface area contributed by atoms with Crippen molar-refractivity contribution in [2.45, 2.75) is 31.8 Å². The normalized spacial score (nSPS) is 19.8. The van der Waals surface area contributed by atoms with E-state index in [0.717, 1.165) is 36.0 Å². The zero-order valence-electron chi connectivity index (χ0n) is 11.8. The van der Waals surface area contributed by atoms with Crippen LogP contribution in [0.1, 0.15) is 25.1 Å². The fourth-order valence-electron chi connectivity index (χ4n) is 2.76. The maximum atomic E-state index is 12.0. The summed E-state index contributed by atoms with van der Waals surface area (Å²) in [6.45, 7) is 1.45. The van der Waals surface area contributed by atoms with Crippen LogP contribution in [-0.2, 0) is 11.3 Å². The van der Waals surface area contributed by atoms with Gasteiger partial charge in [0.15, 0.2) is 0 Å². The van der Waals surface area contributed by atoms with Crippen LogP contribution in [0, 0.1) is 0 Å². The lowest BCUT2D eigenvalue weighted by Gasteiger charge is -2.33. The molecule has 7 heteroatoms. The van der Waals surface area contributed by atoms with Crippen LogP contribution in [0.3, 0.4) is 0 Å². The van der Waals surface area contributed by atoms with Gasteiger partial charge in [-0.3, -0.25) is 9.69 Å². The Hall–Kier alpha value is -1.24. The number of nitrogens with one attached hydrogen (secondary N) is 1. The maximum Gasteiger partial charge on any atom is 0.237 e. The molecule has 1 N–H and O–H groups in total. The lowest BCUT2D eigenvalue weighted by Crippen LogP contribution is -2.48. The van der Waals surface area contributed by atoms with E-state index < -0.39 is 0 Å². The Morgan fingerprint density at radius 3 is 3.19 bits per heavy atom. The Labute approximate surface area is 132 Å². The lowest BCUT2D eigenvalue weighted by molar-refractivity contribution is -0.127. The van der Waals surface area contributed by atoms with Gasteiger partial charge in [0.25, 0.3) is 0 Å². The van der Waals surface area contributed by atoms with Gasteiger partial charge in [-0.2, -0.15) is 0 Å². The number of rotatable bonds is 3. The number of carbonyl (C=O) groups is 1. The highest BCUT2D eigenvalue weighted by molar-refractivity contribution is 7.16. The quantitative estimate of drug-likeness (QED) is 0.881. The molecule has 1 saturated heterocycles. The Bertz CT molecular complexity index is 659. The van der Waals surface area contributed by atoms with Crippen molar-refractivity contribution in [3.63, 3.8) is 0 Å². The van der Waals surface area contributed by atoms with Gasteiger partial charge in [0.2, 0.25) is 5.91 Å². The zero-order valence-corrected chi connectivity index (χ0v) is 13.4. The molecule has 1 amide bonds. The summed E-state index contributed by atoms with van der Waals surface area (Å²) >= 11 is 7.76. The number of hydrogen-bond donors (Lipinski definition) is 1. The third kappa shape index (κ3) is 3.02. The summed E-state index contributed by atoms with van der Waals surface area (Å²) in [4.78, 5) is 24.0. The third-order valence-electron chi connectivity index (χ3n) is 3.83. The predicted molar refractivity (Wildman–Crippen MR) is 84.5 cm³/mol. The summed E-state index contributed by atoms with van der Waals surface area (Å²) in [5.41, 5.74) is 0. The molecule has 0 saturated carbocycles. The number of fused-ring (bicyclic) bond motifs is 1. The number of hydrogen-bond acceptors (Lipinski definition) is 5. The molecule has 0 aromatic carbocycles. The molecule has 0 bridgehead atoms. The average Bonchev–Trinajstić information content (AvgIpc) is 2.96. The first-order valence-corrected chi connectivity index (χ1v) is 8.30. The highest BCUT2D eigenvalue weighted by atomic mass is 35.5. The van der Waals surface area contributed by atoms with Gasteiger partial charge in [-0.25, -0.2) is 9.97 Å². The van der Waals surface area contributed by atoms with Crippen LogP contribution >= 0.6 is 22.9 Å². The van der Waals surface area contributed by atoms with Gasteiger partial charge in [0.1, 0.15) is 15.8 Å². The minimum atomic E-state index is -0.0924. The molecule has 112 valence electrons. The Kier molecular flexibility index (Phi) is 4.37. The largest absolute Gasteiger partial charge is 0.358 e. The van der Waals surface area contributed by atoms with Gasteiger partial charge in [-0.1, -0.05) is 18.0 Å². The molecular formula is C14H17ClN4OS. The molecule has 21 heavy (non-hydrogen) atoms. The number of aromatic nitrogens is 2. The van der Waals surface area contributed by atoms with Gasteiger partial charge in [-0.05, 0) is 30.8 Å². The van der Waals surface area contributed by atoms with E-state index in [1.54, 1.807) is 18.4 Å². The molecule has 0 radical (unpaired) electrons. The van der Waals surface area contributed by atoms with Crippen LogP contribution in [-0.4, -0.2) is 40.4 Å². The first-order valence-electron chi connectivity index (χ1n) is 7.04. The SMILES string of the molecule is CNC(=O)C1CCCCN1Cc1nc(Cl)c2ccsc2n1. The van der Waals surface area contributed by atoms with E-state index in [4.69, 9.17) is 11.6 Å². The second-order valence-electron chi connectivity index (χ2n) is 5.17. The molecule has 1 fully saturated rings. The maximum absolute atomic E-state index is 12.0. The summed E-state index contributed by atoms with van der Waals surface area (Å²) in [5, 5.41) is 6.09. The molecule has 1 aliphatic rings. The van der Waals surface area contributed by atoms with E-state index in [1.807, 2.05) is 11.4 Å². The van der Waals surface area contributed by atoms with E-state index in [1.165, 1.54) is 0 Å². The van der Waals surface area contributed by atoms with Crippen molar-refractivity contribution in [2.24, 2.45) is 0 Å². The van der Waals surface area contributed by atoms with Crippen LogP contribution in [0.25, 0.3) is 10.2 Å². The Morgan fingerprint density at radius 2 is 2.38 bits per heavy atom. The van der Waals surface area contributed by atoms with Gasteiger partial charge in [0.05, 0.1) is 12.6 Å². The topological polar surface area (TPSA) is 58.1 Å². The summed E-state index contributed by atoms with van der Waals surface area (Å²) in [6.07, 6.45) is 3.07. The standard InChI is InChI=1S/C14H17ClN4OS/c1-16-13(20)10-4-2-3-6-19(10)8-11-17-12(15)9-5-7-21-14(9)18-11/h5,7,10H,2-4,6,8H2,1H3,(H,16,20). The van der Waals surface area contributed by atoms with Gasteiger partial charge in [-0.15, -0.1) is 11.3 Å². The van der Waals surface area contributed by atoms with E-state index >= 15 is 0 Å². The molecule has 1 atom stereocenters. The van der Waals surface area contributed by atoms with E-state index in [0.29, 0.717) is 17.5 Å². The number of thiophene rings is 1. The molecular weight excluding hydrogens is 308 g/mol. The second kappa shape index (κ2) is 6.25. The monoisotopic (exact) mass is 324 g/mol. The number of likely N-dealkylation sites (N-methyl/N-ethyl adjacent to an activating group) is 1. The molecule has 3 heterocycles.